The zero-order chi connectivity index (χ0) is 34.6. The van der Waals surface area contributed by atoms with Crippen molar-refractivity contribution in [3.05, 3.63) is 41.3 Å². The quantitative estimate of drug-likeness (QED) is 0.145. The number of carbonyl (C=O) groups is 1. The van der Waals surface area contributed by atoms with Gasteiger partial charge in [0, 0.05) is 56.1 Å². The summed E-state index contributed by atoms with van der Waals surface area (Å²) in [4.78, 5) is 19.9. The maximum absolute atomic E-state index is 10.6. The normalized spacial score (nSPS) is 20.1. The molecule has 1 aliphatic carbocycles. The summed E-state index contributed by atoms with van der Waals surface area (Å²) in [5, 5.41) is 41.4. The zero-order valence-electron chi connectivity index (χ0n) is 28.0. The van der Waals surface area contributed by atoms with Crippen LogP contribution in [0.2, 0.25) is 5.02 Å². The molecule has 0 radical (unpaired) electrons. The Hall–Kier alpha value is -4.10. The molecule has 0 aromatic carbocycles. The van der Waals surface area contributed by atoms with Crippen LogP contribution in [0.4, 0.5) is 16.4 Å². The Morgan fingerprint density at radius 1 is 1.20 bits per heavy atom. The lowest BCUT2D eigenvalue weighted by Gasteiger charge is -2.32. The van der Waals surface area contributed by atoms with E-state index in [-0.39, 0.29) is 31.3 Å². The lowest BCUT2D eigenvalue weighted by atomic mass is 9.82. The number of rotatable bonds is 16. The van der Waals surface area contributed by atoms with Gasteiger partial charge < -0.3 is 35.3 Å². The van der Waals surface area contributed by atoms with E-state index in [1.165, 1.54) is 0 Å². The molecule has 15 nitrogen and oxygen atoms in total. The van der Waals surface area contributed by atoms with Gasteiger partial charge in [-0.1, -0.05) is 17.7 Å². The molecule has 2 aliphatic rings. The summed E-state index contributed by atoms with van der Waals surface area (Å²) in [5.41, 5.74) is 1.08. The lowest BCUT2D eigenvalue weighted by Crippen LogP contribution is -2.43. The Morgan fingerprint density at radius 2 is 1.98 bits per heavy atom. The smallest absolute Gasteiger partial charge is 0.450 e. The van der Waals surface area contributed by atoms with Crippen molar-refractivity contribution < 1.29 is 24.1 Å². The summed E-state index contributed by atoms with van der Waals surface area (Å²) in [7, 11) is 0. The predicted octanol–water partition coefficient (Wildman–Crippen LogP) is 5.08. The molecule has 2 fully saturated rings. The Balaban J connectivity index is 1.05. The van der Waals surface area contributed by atoms with E-state index in [1.807, 2.05) is 31.2 Å². The largest absolute Gasteiger partial charge is 0.505 e. The van der Waals surface area contributed by atoms with Crippen LogP contribution in [-0.2, 0) is 20.8 Å². The zero-order valence-corrected chi connectivity index (χ0v) is 28.7. The number of hydrogen-bond donors (Lipinski definition) is 4. The number of ether oxygens (including phenoxy) is 3. The number of anilines is 2. The molecule has 16 heteroatoms. The monoisotopic (exact) mass is 696 g/mol. The van der Waals surface area contributed by atoms with Crippen LogP contribution in [0.3, 0.4) is 0 Å². The van der Waals surface area contributed by atoms with Crippen LogP contribution in [0.1, 0.15) is 70.7 Å². The summed E-state index contributed by atoms with van der Waals surface area (Å²) < 4.78 is 17.6. The van der Waals surface area contributed by atoms with E-state index in [9.17, 15) is 10.1 Å². The van der Waals surface area contributed by atoms with Gasteiger partial charge in [-0.25, -0.2) is 19.4 Å². The number of nitriles is 1. The van der Waals surface area contributed by atoms with E-state index in [0.29, 0.717) is 68.3 Å². The maximum atomic E-state index is 10.6. The summed E-state index contributed by atoms with van der Waals surface area (Å²) in [6.45, 7) is 6.53. The number of halogens is 1. The second-order valence-corrected chi connectivity index (χ2v) is 13.3. The molecule has 0 bridgehead atoms. The third-order valence-electron chi connectivity index (χ3n) is 9.11. The highest BCUT2D eigenvalue weighted by Crippen LogP contribution is 2.32. The highest BCUT2D eigenvalue weighted by Gasteiger charge is 2.32. The SMILES string of the molecule is C[C@H](COCc1nnnn1[C@H](C)CCOC(=O)O)NC1CCC(Nc2cc(-c3cccc(NCC4(C#N)CCOCC4)n3)c(Cl)cn2)CC1. The molecule has 3 aromatic heterocycles. The molecule has 1 aliphatic heterocycles. The van der Waals surface area contributed by atoms with Gasteiger partial charge in [0.2, 0.25) is 0 Å². The van der Waals surface area contributed by atoms with Crippen LogP contribution in [-0.4, -0.2) is 92.5 Å². The molecular weight excluding hydrogens is 652 g/mol. The number of tetrazole rings is 1. The fourth-order valence-electron chi connectivity index (χ4n) is 6.23. The first-order valence-corrected chi connectivity index (χ1v) is 17.2. The summed E-state index contributed by atoms with van der Waals surface area (Å²) in [5.74, 6) is 2.04. The van der Waals surface area contributed by atoms with Crippen molar-refractivity contribution in [2.24, 2.45) is 5.41 Å². The van der Waals surface area contributed by atoms with Crippen molar-refractivity contribution in [2.75, 3.05) is 43.6 Å². The van der Waals surface area contributed by atoms with Crippen molar-refractivity contribution in [3.63, 3.8) is 0 Å². The third-order valence-corrected chi connectivity index (χ3v) is 9.41. The molecule has 2 atom stereocenters. The molecule has 0 unspecified atom stereocenters. The predicted molar refractivity (Wildman–Crippen MR) is 182 cm³/mol. The van der Waals surface area contributed by atoms with Crippen molar-refractivity contribution in [1.29, 1.82) is 5.26 Å². The number of nitrogens with one attached hydrogen (secondary N) is 3. The molecule has 3 aromatic rings. The van der Waals surface area contributed by atoms with Gasteiger partial charge in [0.25, 0.3) is 0 Å². The first kappa shape index (κ1) is 36.2. The number of pyridine rings is 2. The van der Waals surface area contributed by atoms with Crippen LogP contribution >= 0.6 is 11.6 Å². The van der Waals surface area contributed by atoms with Gasteiger partial charge in [-0.2, -0.15) is 5.26 Å². The number of aromatic nitrogens is 6. The second kappa shape index (κ2) is 17.5. The first-order valence-electron chi connectivity index (χ1n) is 16.8. The van der Waals surface area contributed by atoms with E-state index >= 15 is 0 Å². The second-order valence-electron chi connectivity index (χ2n) is 12.9. The Morgan fingerprint density at radius 3 is 2.73 bits per heavy atom. The first-order chi connectivity index (χ1) is 23.7. The molecule has 0 amide bonds. The summed E-state index contributed by atoms with van der Waals surface area (Å²) in [6, 6.07) is 10.9. The molecule has 4 N–H and O–H groups in total. The van der Waals surface area contributed by atoms with E-state index in [0.717, 1.165) is 42.8 Å². The van der Waals surface area contributed by atoms with Gasteiger partial charge in [0.05, 0.1) is 41.5 Å². The van der Waals surface area contributed by atoms with Gasteiger partial charge in [-0.15, -0.1) is 5.10 Å². The van der Waals surface area contributed by atoms with Crippen molar-refractivity contribution in [2.45, 2.75) is 89.6 Å². The van der Waals surface area contributed by atoms with E-state index in [2.05, 4.69) is 54.2 Å². The third kappa shape index (κ3) is 10.4. The standard InChI is InChI=1S/C33H45ClN10O5/c1-22(18-48-19-31-41-42-43-44(31)23(2)10-13-49-32(45)46)38-24-6-8-25(9-7-24)39-30-16-26(27(34)17-36-30)28-4-3-5-29(40-28)37-21-33(20-35)11-14-47-15-12-33/h3-5,16-17,22-25,38H,6-15,18-19,21H2,1-2H3,(H,36,39)(H,37,40)(H,45,46)/t22-,23-,24?,25?/m1/s1. The van der Waals surface area contributed by atoms with Crippen molar-refractivity contribution in [1.82, 2.24) is 35.5 Å². The van der Waals surface area contributed by atoms with Gasteiger partial charge in [-0.3, -0.25) is 0 Å². The minimum Gasteiger partial charge on any atom is -0.450 e. The van der Waals surface area contributed by atoms with Crippen LogP contribution in [0.15, 0.2) is 30.5 Å². The minimum atomic E-state index is -1.30. The molecule has 4 heterocycles. The van der Waals surface area contributed by atoms with E-state index in [1.54, 1.807) is 10.9 Å². The Bertz CT molecular complexity index is 1550. The number of carboxylic acid groups (broad SMARTS) is 1. The van der Waals surface area contributed by atoms with Crippen LogP contribution in [0.5, 0.6) is 0 Å². The molecule has 5 rings (SSSR count). The van der Waals surface area contributed by atoms with Crippen LogP contribution < -0.4 is 16.0 Å². The lowest BCUT2D eigenvalue weighted by molar-refractivity contribution is 0.0455. The van der Waals surface area contributed by atoms with Gasteiger partial charge in [0.15, 0.2) is 5.82 Å². The van der Waals surface area contributed by atoms with Crippen LogP contribution in [0.25, 0.3) is 11.3 Å². The van der Waals surface area contributed by atoms with E-state index < -0.39 is 11.6 Å². The fourth-order valence-corrected chi connectivity index (χ4v) is 6.43. The molecule has 264 valence electrons. The van der Waals surface area contributed by atoms with Crippen molar-refractivity contribution >= 4 is 29.4 Å². The highest BCUT2D eigenvalue weighted by molar-refractivity contribution is 6.33. The average molecular weight is 697 g/mol. The fraction of sp³-hybridized carbons (Fsp3) is 0.606. The topological polar surface area (TPSA) is 194 Å². The van der Waals surface area contributed by atoms with Gasteiger partial charge in [-0.05, 0) is 81.0 Å². The van der Waals surface area contributed by atoms with Gasteiger partial charge in [0.1, 0.15) is 18.2 Å². The average Bonchev–Trinajstić information content (AvgIpc) is 3.58. The Kier molecular flexibility index (Phi) is 12.9. The highest BCUT2D eigenvalue weighted by atomic mass is 35.5. The molecule has 49 heavy (non-hydrogen) atoms. The summed E-state index contributed by atoms with van der Waals surface area (Å²) in [6.07, 6.45) is 6.25. The summed E-state index contributed by atoms with van der Waals surface area (Å²) >= 11 is 6.59. The van der Waals surface area contributed by atoms with Gasteiger partial charge >= 0.3 is 6.16 Å². The maximum Gasteiger partial charge on any atom is 0.505 e. The van der Waals surface area contributed by atoms with Crippen molar-refractivity contribution in [3.8, 4) is 17.3 Å². The molecule has 0 spiro atoms. The minimum absolute atomic E-state index is 0.0693. The Labute approximate surface area is 291 Å². The number of hydrogen-bond acceptors (Lipinski definition) is 13. The molecule has 1 saturated carbocycles. The van der Waals surface area contributed by atoms with Crippen LogP contribution in [0, 0.1) is 16.7 Å². The molecular formula is C33H45ClN10O5. The van der Waals surface area contributed by atoms with E-state index in [4.69, 9.17) is 31.2 Å². The molecule has 1 saturated heterocycles. The number of nitrogens with zero attached hydrogens (tertiary/aromatic N) is 7.